The Labute approximate surface area is 102 Å². The average molecular weight is 256 g/mol. The van der Waals surface area contributed by atoms with Crippen molar-refractivity contribution in [3.63, 3.8) is 0 Å². The third kappa shape index (κ3) is 3.53. The Kier molecular flexibility index (Phi) is 4.59. The molecule has 0 saturated heterocycles. The summed E-state index contributed by atoms with van der Waals surface area (Å²) in [6, 6.07) is 3.81. The Hall–Kier alpha value is -1.95. The van der Waals surface area contributed by atoms with Gasteiger partial charge in [0, 0.05) is 17.8 Å². The van der Waals surface area contributed by atoms with Crippen LogP contribution in [-0.2, 0) is 0 Å². The molecule has 0 aromatic heterocycles. The number of benzene rings is 1. The number of carbonyl (C=O) groups excluding carboxylic acids is 1. The van der Waals surface area contributed by atoms with Gasteiger partial charge in [0.1, 0.15) is 5.02 Å². The fraction of sp³-hybridized carbons (Fsp3) is 0.200. The molecule has 7 heteroatoms. The van der Waals surface area contributed by atoms with Crippen molar-refractivity contribution in [1.82, 2.24) is 5.43 Å². The number of nitro groups is 1. The standard InChI is InChI=1S/C10H10ClN3O3/c1-2-5-12-13-10(15)7-3-4-8(11)9(6-7)14(16)17/h3-6H,2H2,1H3,(H,13,15)/b12-5+. The molecular formula is C10H10ClN3O3. The maximum atomic E-state index is 11.5. The van der Waals surface area contributed by atoms with Crippen LogP contribution in [0.2, 0.25) is 5.02 Å². The van der Waals surface area contributed by atoms with E-state index in [4.69, 9.17) is 11.6 Å². The van der Waals surface area contributed by atoms with E-state index in [1.807, 2.05) is 6.92 Å². The lowest BCUT2D eigenvalue weighted by Gasteiger charge is -2.00. The van der Waals surface area contributed by atoms with Gasteiger partial charge in [0.25, 0.3) is 11.6 Å². The van der Waals surface area contributed by atoms with Crippen LogP contribution >= 0.6 is 11.6 Å². The number of nitrogens with one attached hydrogen (secondary N) is 1. The van der Waals surface area contributed by atoms with Crippen LogP contribution in [0.3, 0.4) is 0 Å². The minimum atomic E-state index is -0.644. The summed E-state index contributed by atoms with van der Waals surface area (Å²) in [5, 5.41) is 14.2. The monoisotopic (exact) mass is 255 g/mol. The minimum Gasteiger partial charge on any atom is -0.267 e. The van der Waals surface area contributed by atoms with E-state index in [0.29, 0.717) is 6.42 Å². The topological polar surface area (TPSA) is 84.6 Å². The van der Waals surface area contributed by atoms with Gasteiger partial charge in [-0.15, -0.1) is 0 Å². The molecule has 0 radical (unpaired) electrons. The average Bonchev–Trinajstić information content (AvgIpc) is 2.29. The van der Waals surface area contributed by atoms with Crippen molar-refractivity contribution in [2.45, 2.75) is 13.3 Å². The first-order valence-electron chi connectivity index (χ1n) is 4.82. The smallest absolute Gasteiger partial charge is 0.267 e. The van der Waals surface area contributed by atoms with Crippen LogP contribution in [0.25, 0.3) is 0 Å². The van der Waals surface area contributed by atoms with E-state index in [1.54, 1.807) is 0 Å². The van der Waals surface area contributed by atoms with E-state index >= 15 is 0 Å². The van der Waals surface area contributed by atoms with Crippen molar-refractivity contribution in [2.24, 2.45) is 5.10 Å². The second-order valence-corrected chi connectivity index (χ2v) is 3.49. The molecule has 1 aromatic rings. The van der Waals surface area contributed by atoms with Crippen LogP contribution in [0, 0.1) is 10.1 Å². The quantitative estimate of drug-likeness (QED) is 0.509. The summed E-state index contributed by atoms with van der Waals surface area (Å²) < 4.78 is 0. The summed E-state index contributed by atoms with van der Waals surface area (Å²) in [4.78, 5) is 21.5. The van der Waals surface area contributed by atoms with Gasteiger partial charge >= 0.3 is 0 Å². The maximum Gasteiger partial charge on any atom is 0.288 e. The normalized spacial score (nSPS) is 10.5. The summed E-state index contributed by atoms with van der Waals surface area (Å²) in [6.07, 6.45) is 2.20. The summed E-state index contributed by atoms with van der Waals surface area (Å²) in [5.74, 6) is -0.519. The second-order valence-electron chi connectivity index (χ2n) is 3.08. The molecule has 0 aliphatic heterocycles. The van der Waals surface area contributed by atoms with Gasteiger partial charge in [0.05, 0.1) is 4.92 Å². The highest BCUT2D eigenvalue weighted by atomic mass is 35.5. The van der Waals surface area contributed by atoms with E-state index in [0.717, 1.165) is 6.07 Å². The zero-order valence-corrected chi connectivity index (χ0v) is 9.77. The fourth-order valence-electron chi connectivity index (χ4n) is 1.05. The molecule has 0 spiro atoms. The van der Waals surface area contributed by atoms with E-state index in [2.05, 4.69) is 10.5 Å². The first kappa shape index (κ1) is 13.1. The zero-order chi connectivity index (χ0) is 12.8. The highest BCUT2D eigenvalue weighted by Crippen LogP contribution is 2.24. The number of hydrogen-bond donors (Lipinski definition) is 1. The van der Waals surface area contributed by atoms with Gasteiger partial charge in [-0.2, -0.15) is 5.10 Å². The maximum absolute atomic E-state index is 11.5. The van der Waals surface area contributed by atoms with Crippen molar-refractivity contribution < 1.29 is 9.72 Å². The Morgan fingerprint density at radius 3 is 2.94 bits per heavy atom. The van der Waals surface area contributed by atoms with E-state index in [1.165, 1.54) is 18.3 Å². The Balaban J connectivity index is 2.92. The molecule has 0 unspecified atom stereocenters. The minimum absolute atomic E-state index is 0.0105. The molecule has 6 nitrogen and oxygen atoms in total. The molecular weight excluding hydrogens is 246 g/mol. The largest absolute Gasteiger partial charge is 0.288 e. The van der Waals surface area contributed by atoms with Crippen LogP contribution < -0.4 is 5.43 Å². The molecule has 1 amide bonds. The first-order valence-corrected chi connectivity index (χ1v) is 5.20. The number of hydrazone groups is 1. The third-order valence-corrected chi connectivity index (χ3v) is 2.16. The summed E-state index contributed by atoms with van der Waals surface area (Å²) in [7, 11) is 0. The molecule has 0 aliphatic rings. The van der Waals surface area contributed by atoms with Crippen LogP contribution in [0.5, 0.6) is 0 Å². The van der Waals surface area contributed by atoms with Gasteiger partial charge in [0.15, 0.2) is 0 Å². The molecule has 1 aromatic carbocycles. The molecule has 0 bridgehead atoms. The molecule has 90 valence electrons. The number of halogens is 1. The Bertz CT molecular complexity index is 474. The number of hydrogen-bond acceptors (Lipinski definition) is 4. The summed E-state index contributed by atoms with van der Waals surface area (Å²) in [5.41, 5.74) is 2.08. The van der Waals surface area contributed by atoms with Crippen molar-refractivity contribution in [3.05, 3.63) is 38.9 Å². The molecule has 0 heterocycles. The highest BCUT2D eigenvalue weighted by Gasteiger charge is 2.15. The lowest BCUT2D eigenvalue weighted by atomic mass is 10.2. The van der Waals surface area contributed by atoms with Crippen LogP contribution in [-0.4, -0.2) is 17.0 Å². The lowest BCUT2D eigenvalue weighted by Crippen LogP contribution is -2.17. The first-order chi connectivity index (χ1) is 8.06. The number of amides is 1. The van der Waals surface area contributed by atoms with Gasteiger partial charge in [-0.1, -0.05) is 18.5 Å². The molecule has 1 rings (SSSR count). The number of nitro benzene ring substituents is 1. The number of nitrogens with zero attached hydrogens (tertiary/aromatic N) is 2. The summed E-state index contributed by atoms with van der Waals surface area (Å²) in [6.45, 7) is 1.86. The van der Waals surface area contributed by atoms with Gasteiger partial charge in [-0.25, -0.2) is 5.43 Å². The third-order valence-electron chi connectivity index (χ3n) is 1.84. The number of carbonyl (C=O) groups is 1. The van der Waals surface area contributed by atoms with Gasteiger partial charge in [-0.05, 0) is 18.6 Å². The van der Waals surface area contributed by atoms with Crippen molar-refractivity contribution in [1.29, 1.82) is 0 Å². The number of rotatable bonds is 4. The van der Waals surface area contributed by atoms with Crippen molar-refractivity contribution in [3.8, 4) is 0 Å². The second kappa shape index (κ2) is 5.95. The van der Waals surface area contributed by atoms with E-state index < -0.39 is 10.8 Å². The fourth-order valence-corrected chi connectivity index (χ4v) is 1.24. The van der Waals surface area contributed by atoms with E-state index in [9.17, 15) is 14.9 Å². The summed E-state index contributed by atoms with van der Waals surface area (Å²) >= 11 is 5.62. The zero-order valence-electron chi connectivity index (χ0n) is 9.01. The molecule has 17 heavy (non-hydrogen) atoms. The lowest BCUT2D eigenvalue weighted by molar-refractivity contribution is -0.384. The van der Waals surface area contributed by atoms with E-state index in [-0.39, 0.29) is 16.3 Å². The molecule has 0 saturated carbocycles. The van der Waals surface area contributed by atoms with Gasteiger partial charge in [-0.3, -0.25) is 14.9 Å². The molecule has 0 aliphatic carbocycles. The van der Waals surface area contributed by atoms with Crippen LogP contribution in [0.15, 0.2) is 23.3 Å². The van der Waals surface area contributed by atoms with Crippen LogP contribution in [0.4, 0.5) is 5.69 Å². The van der Waals surface area contributed by atoms with Crippen LogP contribution in [0.1, 0.15) is 23.7 Å². The molecule has 0 fully saturated rings. The predicted molar refractivity (Wildman–Crippen MR) is 64.4 cm³/mol. The SMILES string of the molecule is CC/C=N/NC(=O)c1ccc(Cl)c([N+](=O)[O-])c1. The molecule has 1 N–H and O–H groups in total. The molecule has 0 atom stereocenters. The Morgan fingerprint density at radius 2 is 2.35 bits per heavy atom. The highest BCUT2D eigenvalue weighted by molar-refractivity contribution is 6.32. The van der Waals surface area contributed by atoms with Gasteiger partial charge < -0.3 is 0 Å². The Morgan fingerprint density at radius 1 is 1.65 bits per heavy atom. The van der Waals surface area contributed by atoms with Crippen molar-refractivity contribution >= 4 is 29.4 Å². The van der Waals surface area contributed by atoms with Crippen molar-refractivity contribution in [2.75, 3.05) is 0 Å². The predicted octanol–water partition coefficient (Wildman–Crippen LogP) is 2.37. The van der Waals surface area contributed by atoms with Gasteiger partial charge in [0.2, 0.25) is 0 Å².